The highest BCUT2D eigenvalue weighted by atomic mass is 19.1. The number of halogens is 2. The number of pyridine rings is 1. The van der Waals surface area contributed by atoms with Crippen molar-refractivity contribution in [1.82, 2.24) is 4.98 Å². The van der Waals surface area contributed by atoms with E-state index in [0.29, 0.717) is 11.4 Å². The average Bonchev–Trinajstić information content (AvgIpc) is 2.34. The van der Waals surface area contributed by atoms with Crippen molar-refractivity contribution in [3.8, 4) is 6.07 Å². The van der Waals surface area contributed by atoms with Gasteiger partial charge in [-0.3, -0.25) is 0 Å². The fraction of sp³-hybridized carbons (Fsp3) is 0. The summed E-state index contributed by atoms with van der Waals surface area (Å²) in [5.41, 5.74) is 0.540. The second-order valence-corrected chi connectivity index (χ2v) is 3.29. The molecule has 0 aliphatic carbocycles. The fourth-order valence-electron chi connectivity index (χ4n) is 1.26. The van der Waals surface area contributed by atoms with Crippen molar-refractivity contribution in [2.75, 3.05) is 5.32 Å². The van der Waals surface area contributed by atoms with Crippen LogP contribution in [0.25, 0.3) is 0 Å². The Morgan fingerprint density at radius 3 is 2.59 bits per heavy atom. The largest absolute Gasteiger partial charge is 0.338 e. The molecule has 2 rings (SSSR count). The van der Waals surface area contributed by atoms with E-state index in [1.54, 1.807) is 12.1 Å². The SMILES string of the molecule is N#Cc1ccc(Nc2ccc(F)cc2F)nc1. The van der Waals surface area contributed by atoms with Gasteiger partial charge < -0.3 is 5.32 Å². The van der Waals surface area contributed by atoms with Gasteiger partial charge in [0.2, 0.25) is 0 Å². The van der Waals surface area contributed by atoms with Crippen molar-refractivity contribution in [2.24, 2.45) is 0 Å². The molecule has 2 aromatic rings. The number of aromatic nitrogens is 1. The van der Waals surface area contributed by atoms with Gasteiger partial charge in [-0.15, -0.1) is 0 Å². The molecule has 0 atom stereocenters. The maximum atomic E-state index is 13.3. The lowest BCUT2D eigenvalue weighted by Crippen LogP contribution is -1.96. The molecule has 1 N–H and O–H groups in total. The van der Waals surface area contributed by atoms with Gasteiger partial charge >= 0.3 is 0 Å². The highest BCUT2D eigenvalue weighted by Gasteiger charge is 2.04. The quantitative estimate of drug-likeness (QED) is 0.864. The second-order valence-electron chi connectivity index (χ2n) is 3.29. The fourth-order valence-corrected chi connectivity index (χ4v) is 1.26. The van der Waals surface area contributed by atoms with E-state index in [0.717, 1.165) is 12.1 Å². The lowest BCUT2D eigenvalue weighted by Gasteiger charge is -2.06. The molecular formula is C12H7F2N3. The van der Waals surface area contributed by atoms with Gasteiger partial charge in [-0.25, -0.2) is 13.8 Å². The predicted octanol–water partition coefficient (Wildman–Crippen LogP) is 2.98. The van der Waals surface area contributed by atoms with Gasteiger partial charge in [-0.05, 0) is 24.3 Å². The van der Waals surface area contributed by atoms with E-state index >= 15 is 0 Å². The highest BCUT2D eigenvalue weighted by molar-refractivity contribution is 5.57. The third-order valence-electron chi connectivity index (χ3n) is 2.09. The van der Waals surface area contributed by atoms with Crippen molar-refractivity contribution < 1.29 is 8.78 Å². The molecule has 1 aromatic heterocycles. The van der Waals surface area contributed by atoms with Crippen molar-refractivity contribution in [3.63, 3.8) is 0 Å². The Bertz CT molecular complexity index is 573. The number of benzene rings is 1. The molecule has 0 aliphatic heterocycles. The number of nitrogens with zero attached hydrogens (tertiary/aromatic N) is 2. The van der Waals surface area contributed by atoms with Gasteiger partial charge in [0.05, 0.1) is 11.3 Å². The van der Waals surface area contributed by atoms with Crippen LogP contribution in [-0.2, 0) is 0 Å². The van der Waals surface area contributed by atoms with Crippen LogP contribution >= 0.6 is 0 Å². The summed E-state index contributed by atoms with van der Waals surface area (Å²) in [6, 6.07) is 8.23. The molecule has 84 valence electrons. The topological polar surface area (TPSA) is 48.7 Å². The van der Waals surface area contributed by atoms with Crippen LogP contribution in [0.3, 0.4) is 0 Å². The Balaban J connectivity index is 2.23. The molecule has 5 heteroatoms. The number of anilines is 2. The molecule has 1 heterocycles. The Labute approximate surface area is 96.3 Å². The molecule has 0 saturated carbocycles. The third kappa shape index (κ3) is 2.55. The monoisotopic (exact) mass is 231 g/mol. The van der Waals surface area contributed by atoms with E-state index in [-0.39, 0.29) is 5.69 Å². The molecule has 1 aromatic carbocycles. The van der Waals surface area contributed by atoms with Crippen LogP contribution in [0.1, 0.15) is 5.56 Å². The summed E-state index contributed by atoms with van der Waals surface area (Å²) in [7, 11) is 0. The van der Waals surface area contributed by atoms with Crippen molar-refractivity contribution in [1.29, 1.82) is 5.26 Å². The minimum Gasteiger partial charge on any atom is -0.338 e. The third-order valence-corrected chi connectivity index (χ3v) is 2.09. The van der Waals surface area contributed by atoms with Gasteiger partial charge in [-0.1, -0.05) is 0 Å². The first-order valence-electron chi connectivity index (χ1n) is 4.77. The molecule has 0 saturated heterocycles. The normalized spacial score (nSPS) is 9.71. The first-order valence-corrected chi connectivity index (χ1v) is 4.77. The Hall–Kier alpha value is -2.48. The Morgan fingerprint density at radius 1 is 1.18 bits per heavy atom. The maximum Gasteiger partial charge on any atom is 0.149 e. The molecule has 0 bridgehead atoms. The zero-order valence-corrected chi connectivity index (χ0v) is 8.61. The number of nitriles is 1. The number of hydrogen-bond acceptors (Lipinski definition) is 3. The molecule has 0 unspecified atom stereocenters. The van der Waals surface area contributed by atoms with Crippen LogP contribution < -0.4 is 5.32 Å². The summed E-state index contributed by atoms with van der Waals surface area (Å²) >= 11 is 0. The first-order chi connectivity index (χ1) is 8.19. The molecule has 0 spiro atoms. The number of rotatable bonds is 2. The van der Waals surface area contributed by atoms with E-state index in [1.807, 2.05) is 6.07 Å². The molecule has 0 radical (unpaired) electrons. The van der Waals surface area contributed by atoms with E-state index in [4.69, 9.17) is 5.26 Å². The molecule has 0 amide bonds. The molecular weight excluding hydrogens is 224 g/mol. The van der Waals surface area contributed by atoms with Crippen molar-refractivity contribution in [3.05, 3.63) is 53.7 Å². The molecule has 0 aliphatic rings. The van der Waals surface area contributed by atoms with Gasteiger partial charge in [-0.2, -0.15) is 5.26 Å². The van der Waals surface area contributed by atoms with E-state index in [2.05, 4.69) is 10.3 Å². The minimum absolute atomic E-state index is 0.128. The maximum absolute atomic E-state index is 13.3. The van der Waals surface area contributed by atoms with Crippen molar-refractivity contribution >= 4 is 11.5 Å². The van der Waals surface area contributed by atoms with Crippen LogP contribution in [-0.4, -0.2) is 4.98 Å². The lowest BCUT2D eigenvalue weighted by atomic mass is 10.3. The Morgan fingerprint density at radius 2 is 2.00 bits per heavy atom. The van der Waals surface area contributed by atoms with E-state index in [9.17, 15) is 8.78 Å². The van der Waals surface area contributed by atoms with Gasteiger partial charge in [0.25, 0.3) is 0 Å². The van der Waals surface area contributed by atoms with Crippen LogP contribution in [0.2, 0.25) is 0 Å². The molecule has 17 heavy (non-hydrogen) atoms. The smallest absolute Gasteiger partial charge is 0.149 e. The van der Waals surface area contributed by atoms with Gasteiger partial charge in [0, 0.05) is 12.3 Å². The zero-order valence-electron chi connectivity index (χ0n) is 8.61. The van der Waals surface area contributed by atoms with Crippen LogP contribution in [0, 0.1) is 23.0 Å². The van der Waals surface area contributed by atoms with E-state index < -0.39 is 11.6 Å². The summed E-state index contributed by atoms with van der Waals surface area (Å²) in [6.07, 6.45) is 1.36. The van der Waals surface area contributed by atoms with Crippen LogP contribution in [0.4, 0.5) is 20.3 Å². The zero-order chi connectivity index (χ0) is 12.3. The summed E-state index contributed by atoms with van der Waals surface area (Å²) in [4.78, 5) is 3.91. The summed E-state index contributed by atoms with van der Waals surface area (Å²) < 4.78 is 26.0. The summed E-state index contributed by atoms with van der Waals surface area (Å²) in [5.74, 6) is -0.952. The molecule has 0 fully saturated rings. The lowest BCUT2D eigenvalue weighted by molar-refractivity contribution is 0.586. The highest BCUT2D eigenvalue weighted by Crippen LogP contribution is 2.19. The first kappa shape index (κ1) is 11.0. The minimum atomic E-state index is -0.698. The van der Waals surface area contributed by atoms with Gasteiger partial charge in [0.1, 0.15) is 23.5 Å². The summed E-state index contributed by atoms with van der Waals surface area (Å²) in [5, 5.41) is 11.3. The van der Waals surface area contributed by atoms with Crippen LogP contribution in [0.5, 0.6) is 0 Å². The van der Waals surface area contributed by atoms with Crippen LogP contribution in [0.15, 0.2) is 36.5 Å². The number of hydrogen-bond donors (Lipinski definition) is 1. The molecule has 3 nitrogen and oxygen atoms in total. The average molecular weight is 231 g/mol. The Kier molecular flexibility index (Phi) is 2.97. The summed E-state index contributed by atoms with van der Waals surface area (Å²) in [6.45, 7) is 0. The van der Waals surface area contributed by atoms with Gasteiger partial charge in [0.15, 0.2) is 0 Å². The standard InChI is InChI=1S/C12H7F2N3/c13-9-2-3-11(10(14)5-9)17-12-4-1-8(6-15)7-16-12/h1-5,7H,(H,16,17). The number of nitrogens with one attached hydrogen (secondary N) is 1. The second kappa shape index (κ2) is 4.58. The van der Waals surface area contributed by atoms with E-state index in [1.165, 1.54) is 12.3 Å². The van der Waals surface area contributed by atoms with Crippen molar-refractivity contribution in [2.45, 2.75) is 0 Å². The predicted molar refractivity (Wildman–Crippen MR) is 58.6 cm³/mol.